The summed E-state index contributed by atoms with van der Waals surface area (Å²) in [6, 6.07) is 12.0. The normalized spacial score (nSPS) is 16.0. The van der Waals surface area contributed by atoms with Crippen LogP contribution < -0.4 is 15.9 Å². The number of rotatable bonds is 4. The molecule has 0 aliphatic carbocycles. The summed E-state index contributed by atoms with van der Waals surface area (Å²) in [6.45, 7) is 7.52. The van der Waals surface area contributed by atoms with Gasteiger partial charge in [0, 0.05) is 32.0 Å². The molecule has 3 aromatic heterocycles. The molecule has 1 atom stereocenters. The Bertz CT molecular complexity index is 1410. The van der Waals surface area contributed by atoms with Crippen LogP contribution in [0, 0.1) is 5.41 Å². The van der Waals surface area contributed by atoms with Gasteiger partial charge in [0.15, 0.2) is 5.65 Å². The average molecular weight is 460 g/mol. The third-order valence-corrected chi connectivity index (χ3v) is 6.12. The molecule has 1 unspecified atom stereocenters. The number of para-hydroxylation sites is 1. The van der Waals surface area contributed by atoms with Gasteiger partial charge in [-0.05, 0) is 35.6 Å². The quantitative estimate of drug-likeness (QED) is 0.489. The molecule has 34 heavy (non-hydrogen) atoms. The van der Waals surface area contributed by atoms with Gasteiger partial charge in [0.2, 0.25) is 0 Å². The number of carbonyl (C=O) groups excluding carboxylic acids is 1. The number of aromatic nitrogens is 5. The fourth-order valence-electron chi connectivity index (χ4n) is 4.59. The number of benzene rings is 1. The monoisotopic (exact) mass is 459 g/mol. The van der Waals surface area contributed by atoms with Crippen LogP contribution in [0.15, 0.2) is 53.6 Å². The van der Waals surface area contributed by atoms with Crippen molar-refractivity contribution in [2.24, 2.45) is 12.5 Å². The van der Waals surface area contributed by atoms with E-state index in [2.05, 4.69) is 53.3 Å². The molecule has 0 spiro atoms. The van der Waals surface area contributed by atoms with Crippen LogP contribution in [0.3, 0.4) is 0 Å². The van der Waals surface area contributed by atoms with E-state index in [1.54, 1.807) is 22.4 Å². The van der Waals surface area contributed by atoms with Crippen molar-refractivity contribution in [3.05, 3.63) is 70.4 Å². The van der Waals surface area contributed by atoms with E-state index in [0.717, 1.165) is 29.0 Å². The Hall–Kier alpha value is -3.88. The number of pyridine rings is 1. The molecule has 5 rings (SSSR count). The summed E-state index contributed by atoms with van der Waals surface area (Å²) in [6.07, 6.45) is 3.82. The maximum atomic E-state index is 13.0. The van der Waals surface area contributed by atoms with Crippen molar-refractivity contribution in [3.63, 3.8) is 0 Å². The molecule has 2 N–H and O–H groups in total. The van der Waals surface area contributed by atoms with Crippen molar-refractivity contribution in [2.45, 2.75) is 39.8 Å². The van der Waals surface area contributed by atoms with E-state index in [9.17, 15) is 9.59 Å². The average Bonchev–Trinajstić information content (AvgIpc) is 3.42. The second-order valence-corrected chi connectivity index (χ2v) is 10.1. The van der Waals surface area contributed by atoms with Crippen molar-refractivity contribution in [3.8, 4) is 0 Å². The molecule has 0 radical (unpaired) electrons. The number of aryl methyl sites for hydroxylation is 1. The molecule has 9 heteroatoms. The standard InChI is InChI=1S/C25H29N7O2/c1-25(2,3)15-32-20-9-10-21(29-22(20)30(4)24(32)34)31-14-18(11-16-7-5-6-8-19(16)31)28-23(33)17-12-26-27-13-17/h5-10,12-13,18H,11,14-15H2,1-4H3,(H,26,27)(H,28,33). The summed E-state index contributed by atoms with van der Waals surface area (Å²) in [5.41, 5.74) is 4.05. The van der Waals surface area contributed by atoms with E-state index in [0.29, 0.717) is 24.3 Å². The Morgan fingerprint density at radius 2 is 2.00 bits per heavy atom. The summed E-state index contributed by atoms with van der Waals surface area (Å²) >= 11 is 0. The zero-order chi connectivity index (χ0) is 24.0. The number of hydrogen-bond acceptors (Lipinski definition) is 5. The molecule has 1 aliphatic heterocycles. The Balaban J connectivity index is 1.52. The molecule has 1 aromatic carbocycles. The number of nitrogens with one attached hydrogen (secondary N) is 2. The third-order valence-electron chi connectivity index (χ3n) is 6.12. The second kappa shape index (κ2) is 8.16. The van der Waals surface area contributed by atoms with Gasteiger partial charge >= 0.3 is 5.69 Å². The van der Waals surface area contributed by atoms with Gasteiger partial charge in [0.1, 0.15) is 5.82 Å². The smallest absolute Gasteiger partial charge is 0.330 e. The number of H-pyrrole nitrogens is 1. The van der Waals surface area contributed by atoms with Gasteiger partial charge in [0.25, 0.3) is 5.91 Å². The largest absolute Gasteiger partial charge is 0.347 e. The molecule has 1 aliphatic rings. The minimum absolute atomic E-state index is 0.0387. The highest BCUT2D eigenvalue weighted by molar-refractivity contribution is 5.94. The van der Waals surface area contributed by atoms with E-state index < -0.39 is 0 Å². The molecule has 0 saturated carbocycles. The molecular formula is C25H29N7O2. The number of fused-ring (bicyclic) bond motifs is 2. The summed E-state index contributed by atoms with van der Waals surface area (Å²) in [5.74, 6) is 0.578. The molecular weight excluding hydrogens is 430 g/mol. The molecule has 4 heterocycles. The fraction of sp³-hybridized carbons (Fsp3) is 0.360. The zero-order valence-electron chi connectivity index (χ0n) is 19.9. The maximum absolute atomic E-state index is 13.0. The van der Waals surface area contributed by atoms with E-state index in [-0.39, 0.29) is 23.1 Å². The van der Waals surface area contributed by atoms with E-state index in [4.69, 9.17) is 4.98 Å². The summed E-state index contributed by atoms with van der Waals surface area (Å²) in [7, 11) is 1.76. The van der Waals surface area contributed by atoms with Crippen LogP contribution in [0.1, 0.15) is 36.7 Å². The number of imidazole rings is 1. The SMILES string of the molecule is Cn1c(=O)n(CC(C)(C)C)c2ccc(N3CC(NC(=O)c4cn[nH]c4)Cc4ccccc43)nc21. The Labute approximate surface area is 197 Å². The predicted molar refractivity (Wildman–Crippen MR) is 131 cm³/mol. The van der Waals surface area contributed by atoms with Gasteiger partial charge in [-0.1, -0.05) is 39.0 Å². The van der Waals surface area contributed by atoms with Gasteiger partial charge in [-0.15, -0.1) is 0 Å². The van der Waals surface area contributed by atoms with Crippen molar-refractivity contribution in [2.75, 3.05) is 11.4 Å². The van der Waals surface area contributed by atoms with Crippen LogP contribution in [0.4, 0.5) is 11.5 Å². The Kier molecular flexibility index (Phi) is 5.27. The van der Waals surface area contributed by atoms with Crippen molar-refractivity contribution in [1.29, 1.82) is 0 Å². The van der Waals surface area contributed by atoms with Gasteiger partial charge in [-0.2, -0.15) is 5.10 Å². The highest BCUT2D eigenvalue weighted by Crippen LogP contribution is 2.33. The summed E-state index contributed by atoms with van der Waals surface area (Å²) in [4.78, 5) is 32.6. The van der Waals surface area contributed by atoms with Crippen LogP contribution in [0.2, 0.25) is 0 Å². The van der Waals surface area contributed by atoms with Crippen LogP contribution in [-0.4, -0.2) is 42.8 Å². The zero-order valence-corrected chi connectivity index (χ0v) is 19.9. The molecule has 0 bridgehead atoms. The van der Waals surface area contributed by atoms with Gasteiger partial charge < -0.3 is 10.2 Å². The summed E-state index contributed by atoms with van der Waals surface area (Å²) < 4.78 is 3.41. The van der Waals surface area contributed by atoms with Crippen molar-refractivity contribution >= 4 is 28.6 Å². The number of nitrogens with zero attached hydrogens (tertiary/aromatic N) is 5. The van der Waals surface area contributed by atoms with Gasteiger partial charge in [-0.3, -0.25) is 19.0 Å². The lowest BCUT2D eigenvalue weighted by molar-refractivity contribution is 0.0937. The minimum atomic E-state index is -0.164. The summed E-state index contributed by atoms with van der Waals surface area (Å²) in [5, 5.41) is 9.67. The molecule has 176 valence electrons. The molecule has 1 amide bonds. The number of amides is 1. The van der Waals surface area contributed by atoms with Crippen LogP contribution in [-0.2, 0) is 20.0 Å². The van der Waals surface area contributed by atoms with E-state index in [1.807, 2.05) is 24.3 Å². The Morgan fingerprint density at radius 1 is 1.21 bits per heavy atom. The van der Waals surface area contributed by atoms with Gasteiger partial charge in [0.05, 0.1) is 23.3 Å². The van der Waals surface area contributed by atoms with Crippen LogP contribution in [0.5, 0.6) is 0 Å². The predicted octanol–water partition coefficient (Wildman–Crippen LogP) is 3.00. The highest BCUT2D eigenvalue weighted by atomic mass is 16.2. The molecule has 0 fully saturated rings. The number of carbonyl (C=O) groups is 1. The fourth-order valence-corrected chi connectivity index (χ4v) is 4.59. The lowest BCUT2D eigenvalue weighted by Crippen LogP contribution is -2.47. The molecule has 4 aromatic rings. The molecule has 9 nitrogen and oxygen atoms in total. The van der Waals surface area contributed by atoms with Crippen LogP contribution >= 0.6 is 0 Å². The third kappa shape index (κ3) is 3.98. The van der Waals surface area contributed by atoms with Crippen molar-refractivity contribution < 1.29 is 4.79 Å². The maximum Gasteiger partial charge on any atom is 0.330 e. The first-order chi connectivity index (χ1) is 16.2. The van der Waals surface area contributed by atoms with Gasteiger partial charge in [-0.25, -0.2) is 9.78 Å². The van der Waals surface area contributed by atoms with E-state index >= 15 is 0 Å². The highest BCUT2D eigenvalue weighted by Gasteiger charge is 2.28. The van der Waals surface area contributed by atoms with Crippen LogP contribution in [0.25, 0.3) is 11.2 Å². The first kappa shape index (κ1) is 21.9. The minimum Gasteiger partial charge on any atom is -0.347 e. The van der Waals surface area contributed by atoms with E-state index in [1.165, 1.54) is 6.20 Å². The lowest BCUT2D eigenvalue weighted by atomic mass is 9.97. The Morgan fingerprint density at radius 3 is 2.74 bits per heavy atom. The number of aromatic amines is 1. The second-order valence-electron chi connectivity index (χ2n) is 10.1. The topological polar surface area (TPSA) is 101 Å². The first-order valence-corrected chi connectivity index (χ1v) is 11.4. The lowest BCUT2D eigenvalue weighted by Gasteiger charge is -2.35. The van der Waals surface area contributed by atoms with Crippen molar-refractivity contribution in [1.82, 2.24) is 29.6 Å². The number of anilines is 2. The first-order valence-electron chi connectivity index (χ1n) is 11.4. The molecule has 0 saturated heterocycles. The number of hydrogen-bond donors (Lipinski definition) is 2.